The number of hydrogen-bond donors (Lipinski definition) is 2. The molecule has 2 aliphatic rings. The van der Waals surface area contributed by atoms with Crippen LogP contribution in [0.25, 0.3) is 22.4 Å². The van der Waals surface area contributed by atoms with Gasteiger partial charge in [0.15, 0.2) is 5.82 Å². The molecule has 2 aliphatic heterocycles. The van der Waals surface area contributed by atoms with E-state index in [1.54, 1.807) is 30.7 Å². The number of aromatic nitrogens is 5. The maximum Gasteiger partial charge on any atom is 0.159 e. The van der Waals surface area contributed by atoms with E-state index in [-0.39, 0.29) is 0 Å². The van der Waals surface area contributed by atoms with Gasteiger partial charge in [-0.15, -0.1) is 0 Å². The maximum atomic E-state index is 6.36. The average Bonchev–Trinajstić information content (AvgIpc) is 3.11. The van der Waals surface area contributed by atoms with E-state index in [2.05, 4.69) is 30.2 Å². The lowest BCUT2D eigenvalue weighted by Crippen LogP contribution is -2.66. The Balaban J connectivity index is 1.30. The lowest BCUT2D eigenvalue weighted by molar-refractivity contribution is -0.127. The standard InChI is InChI=1S/C21H17Cl2N7O/c22-12-2-1-3-13(23)17(12)19-27-14-4-5-24-20(18(14)29-19)28-15-6-16(26-11-25-15)30-7-21(8-30)9-31-10-21/h1-6,11H,7-10H2,(H,27,29)(H,24,25,26,28). The third-order valence-electron chi connectivity index (χ3n) is 5.69. The number of hydrogen-bond acceptors (Lipinski definition) is 7. The van der Waals surface area contributed by atoms with Crippen molar-refractivity contribution < 1.29 is 4.74 Å². The number of fused-ring (bicyclic) bond motifs is 1. The molecule has 2 saturated heterocycles. The van der Waals surface area contributed by atoms with Crippen molar-refractivity contribution >= 4 is 51.7 Å². The largest absolute Gasteiger partial charge is 0.380 e. The Kier molecular flexibility index (Phi) is 4.27. The van der Waals surface area contributed by atoms with Crippen molar-refractivity contribution in [2.24, 2.45) is 5.41 Å². The number of anilines is 3. The second kappa shape index (κ2) is 7.05. The summed E-state index contributed by atoms with van der Waals surface area (Å²) in [6.07, 6.45) is 3.26. The van der Waals surface area contributed by atoms with E-state index in [9.17, 15) is 0 Å². The molecule has 0 atom stereocenters. The summed E-state index contributed by atoms with van der Waals surface area (Å²) >= 11 is 12.7. The highest BCUT2D eigenvalue weighted by molar-refractivity contribution is 6.39. The van der Waals surface area contributed by atoms with E-state index in [0.717, 1.165) is 37.6 Å². The summed E-state index contributed by atoms with van der Waals surface area (Å²) < 4.78 is 5.35. The molecule has 0 radical (unpaired) electrons. The first-order chi connectivity index (χ1) is 15.1. The van der Waals surface area contributed by atoms with Crippen LogP contribution in [0.15, 0.2) is 42.9 Å². The second-order valence-corrected chi connectivity index (χ2v) is 8.79. The number of nitrogens with one attached hydrogen (secondary N) is 2. The molecule has 6 rings (SSSR count). The zero-order valence-electron chi connectivity index (χ0n) is 16.3. The molecule has 3 aromatic heterocycles. The number of H-pyrrole nitrogens is 1. The van der Waals surface area contributed by atoms with Crippen LogP contribution in [0.1, 0.15) is 0 Å². The zero-order valence-corrected chi connectivity index (χ0v) is 17.8. The Morgan fingerprint density at radius 1 is 1.06 bits per heavy atom. The first kappa shape index (κ1) is 18.8. The summed E-state index contributed by atoms with van der Waals surface area (Å²) in [6.45, 7) is 3.59. The highest BCUT2D eigenvalue weighted by Crippen LogP contribution is 2.40. The van der Waals surface area contributed by atoms with Gasteiger partial charge in [0.1, 0.15) is 29.3 Å². The lowest BCUT2D eigenvalue weighted by atomic mass is 9.78. The fraction of sp³-hybridized carbons (Fsp3) is 0.238. The van der Waals surface area contributed by atoms with Gasteiger partial charge in [0.05, 0.1) is 39.8 Å². The van der Waals surface area contributed by atoms with Gasteiger partial charge in [0, 0.05) is 25.4 Å². The molecule has 0 aliphatic carbocycles. The SMILES string of the molecule is Clc1cccc(Cl)c1-c1nc2c(Nc3cc(N4CC5(COC5)C4)ncn3)nccc2[nH]1. The molecule has 2 fully saturated rings. The minimum absolute atomic E-state index is 0.317. The summed E-state index contributed by atoms with van der Waals surface area (Å²) in [7, 11) is 0. The minimum atomic E-state index is 0.317. The summed E-state index contributed by atoms with van der Waals surface area (Å²) in [5.41, 5.74) is 2.46. The number of ether oxygens (including phenoxy) is 1. The van der Waals surface area contributed by atoms with Gasteiger partial charge >= 0.3 is 0 Å². The van der Waals surface area contributed by atoms with Crippen LogP contribution in [-0.2, 0) is 4.74 Å². The number of benzene rings is 1. The number of halogens is 2. The minimum Gasteiger partial charge on any atom is -0.380 e. The highest BCUT2D eigenvalue weighted by atomic mass is 35.5. The predicted molar refractivity (Wildman–Crippen MR) is 120 cm³/mol. The number of rotatable bonds is 4. The van der Waals surface area contributed by atoms with Crippen molar-refractivity contribution in [2.45, 2.75) is 0 Å². The lowest BCUT2D eigenvalue weighted by Gasteiger charge is -2.55. The first-order valence-electron chi connectivity index (χ1n) is 9.81. The van der Waals surface area contributed by atoms with Crippen molar-refractivity contribution in [1.82, 2.24) is 24.9 Å². The number of nitrogens with zero attached hydrogens (tertiary/aromatic N) is 5. The monoisotopic (exact) mass is 453 g/mol. The topological polar surface area (TPSA) is 91.8 Å². The van der Waals surface area contributed by atoms with Gasteiger partial charge in [-0.3, -0.25) is 0 Å². The van der Waals surface area contributed by atoms with Gasteiger partial charge in [0.25, 0.3) is 0 Å². The van der Waals surface area contributed by atoms with E-state index in [1.165, 1.54) is 0 Å². The van der Waals surface area contributed by atoms with E-state index in [4.69, 9.17) is 32.9 Å². The molecular formula is C21H17Cl2N7O. The second-order valence-electron chi connectivity index (χ2n) is 7.97. The van der Waals surface area contributed by atoms with E-state index >= 15 is 0 Å². The average molecular weight is 454 g/mol. The fourth-order valence-corrected chi connectivity index (χ4v) is 4.65. The van der Waals surface area contributed by atoms with Crippen molar-refractivity contribution in [3.8, 4) is 11.4 Å². The molecule has 156 valence electrons. The Bertz CT molecular complexity index is 1280. The Morgan fingerprint density at radius 3 is 2.61 bits per heavy atom. The van der Waals surface area contributed by atoms with E-state index in [0.29, 0.717) is 44.0 Å². The molecule has 1 aromatic carbocycles. The van der Waals surface area contributed by atoms with Crippen LogP contribution in [0.2, 0.25) is 10.0 Å². The van der Waals surface area contributed by atoms with E-state index in [1.807, 2.05) is 12.1 Å². The Labute approximate surface area is 187 Å². The van der Waals surface area contributed by atoms with Crippen LogP contribution in [-0.4, -0.2) is 51.2 Å². The highest BCUT2D eigenvalue weighted by Gasteiger charge is 2.49. The molecule has 8 nitrogen and oxygen atoms in total. The molecule has 0 saturated carbocycles. The van der Waals surface area contributed by atoms with Gasteiger partial charge in [-0.1, -0.05) is 29.3 Å². The third-order valence-corrected chi connectivity index (χ3v) is 6.32. The summed E-state index contributed by atoms with van der Waals surface area (Å²) in [6, 6.07) is 9.14. The molecule has 0 amide bonds. The Morgan fingerprint density at radius 2 is 1.87 bits per heavy atom. The molecule has 31 heavy (non-hydrogen) atoms. The van der Waals surface area contributed by atoms with Gasteiger partial charge < -0.3 is 19.9 Å². The zero-order chi connectivity index (χ0) is 21.0. The maximum absolute atomic E-state index is 6.36. The van der Waals surface area contributed by atoms with Crippen molar-refractivity contribution in [1.29, 1.82) is 0 Å². The van der Waals surface area contributed by atoms with Gasteiger partial charge in [-0.25, -0.2) is 19.9 Å². The summed E-state index contributed by atoms with van der Waals surface area (Å²) in [5.74, 6) is 2.70. The number of imidazole rings is 1. The van der Waals surface area contributed by atoms with Crippen LogP contribution < -0.4 is 10.2 Å². The van der Waals surface area contributed by atoms with Crippen LogP contribution in [0.3, 0.4) is 0 Å². The fourth-order valence-electron chi connectivity index (χ4n) is 4.08. The predicted octanol–water partition coefficient (Wildman–Crippen LogP) is 4.30. The van der Waals surface area contributed by atoms with Gasteiger partial charge in [-0.05, 0) is 18.2 Å². The number of aromatic amines is 1. The van der Waals surface area contributed by atoms with Crippen molar-refractivity contribution in [3.05, 3.63) is 52.9 Å². The quantitative estimate of drug-likeness (QED) is 0.475. The molecule has 5 heterocycles. The molecular weight excluding hydrogens is 437 g/mol. The van der Waals surface area contributed by atoms with Crippen molar-refractivity contribution in [2.75, 3.05) is 36.5 Å². The van der Waals surface area contributed by atoms with Gasteiger partial charge in [0.2, 0.25) is 0 Å². The van der Waals surface area contributed by atoms with Crippen LogP contribution >= 0.6 is 23.2 Å². The molecule has 2 N–H and O–H groups in total. The molecule has 10 heteroatoms. The number of pyridine rings is 1. The summed E-state index contributed by atoms with van der Waals surface area (Å²) in [5, 5.41) is 4.32. The smallest absolute Gasteiger partial charge is 0.159 e. The Hall–Kier alpha value is -2.94. The van der Waals surface area contributed by atoms with Crippen molar-refractivity contribution in [3.63, 3.8) is 0 Å². The molecule has 0 unspecified atom stereocenters. The molecule has 4 aromatic rings. The van der Waals surface area contributed by atoms with Gasteiger partial charge in [-0.2, -0.15) is 0 Å². The van der Waals surface area contributed by atoms with E-state index < -0.39 is 0 Å². The molecule has 0 bridgehead atoms. The summed E-state index contributed by atoms with van der Waals surface area (Å²) in [4.78, 5) is 23.4. The van der Waals surface area contributed by atoms with Crippen LogP contribution in [0, 0.1) is 5.41 Å². The third kappa shape index (κ3) is 3.18. The van der Waals surface area contributed by atoms with Crippen LogP contribution in [0.4, 0.5) is 17.5 Å². The normalized spacial score (nSPS) is 16.9. The first-order valence-corrected chi connectivity index (χ1v) is 10.6. The van der Waals surface area contributed by atoms with Crippen LogP contribution in [0.5, 0.6) is 0 Å². The molecule has 1 spiro atoms.